The lowest BCUT2D eigenvalue weighted by atomic mass is 9.80. The number of carbonyl (C=O) groups excluding carboxylic acids is 3. The van der Waals surface area contributed by atoms with Crippen LogP contribution in [0.4, 0.5) is 0 Å². The normalized spacial score (nSPS) is 19.9. The van der Waals surface area contributed by atoms with Crippen molar-refractivity contribution in [2.75, 3.05) is 19.8 Å². The zero-order valence-electron chi connectivity index (χ0n) is 14.7. The minimum absolute atomic E-state index is 0.105. The van der Waals surface area contributed by atoms with E-state index < -0.39 is 0 Å². The molecule has 126 valence electrons. The van der Waals surface area contributed by atoms with E-state index in [4.69, 9.17) is 4.74 Å². The van der Waals surface area contributed by atoms with Crippen LogP contribution in [0, 0.1) is 16.7 Å². The Morgan fingerprint density at radius 3 is 2.18 bits per heavy atom. The van der Waals surface area contributed by atoms with Gasteiger partial charge in [-0.2, -0.15) is 0 Å². The Bertz CT molecular complexity index is 443. The van der Waals surface area contributed by atoms with Crippen LogP contribution >= 0.6 is 0 Å². The molecule has 0 N–H and O–H groups in total. The van der Waals surface area contributed by atoms with Gasteiger partial charge in [-0.1, -0.05) is 41.5 Å². The van der Waals surface area contributed by atoms with Gasteiger partial charge in [0.2, 0.25) is 11.8 Å². The van der Waals surface area contributed by atoms with Crippen LogP contribution in [-0.4, -0.2) is 42.3 Å². The van der Waals surface area contributed by atoms with Crippen molar-refractivity contribution >= 4 is 17.6 Å². The second kappa shape index (κ2) is 6.90. The van der Waals surface area contributed by atoms with Crippen molar-refractivity contribution in [2.24, 2.45) is 16.7 Å². The molecule has 1 saturated heterocycles. The summed E-state index contributed by atoms with van der Waals surface area (Å²) in [4.78, 5) is 37.2. The average molecular weight is 311 g/mol. The summed E-state index contributed by atoms with van der Waals surface area (Å²) in [6.07, 6.45) is 0.640. The van der Waals surface area contributed by atoms with E-state index in [9.17, 15) is 14.4 Å². The van der Waals surface area contributed by atoms with Crippen LogP contribution in [0.1, 0.15) is 54.4 Å². The number of hydrogen-bond acceptors (Lipinski definition) is 4. The minimum atomic E-state index is -0.357. The standard InChI is InChI=1S/C17H29NO4/c1-16(2,3)12-11-14(20)18(15(12)21)8-10-22-9-7-13(19)17(4,5)6/h12H,7-11H2,1-6H3. The van der Waals surface area contributed by atoms with E-state index in [1.165, 1.54) is 4.90 Å². The number of rotatable bonds is 6. The van der Waals surface area contributed by atoms with Gasteiger partial charge in [0.05, 0.1) is 25.7 Å². The molecule has 0 saturated carbocycles. The molecule has 1 rings (SSSR count). The highest BCUT2D eigenvalue weighted by Crippen LogP contribution is 2.35. The van der Waals surface area contributed by atoms with Crippen LogP contribution in [0.3, 0.4) is 0 Å². The van der Waals surface area contributed by atoms with Crippen molar-refractivity contribution < 1.29 is 19.1 Å². The number of nitrogens with zero attached hydrogens (tertiary/aromatic N) is 1. The third-order valence-corrected chi connectivity index (χ3v) is 4.06. The van der Waals surface area contributed by atoms with Gasteiger partial charge in [0.1, 0.15) is 5.78 Å². The van der Waals surface area contributed by atoms with Crippen molar-refractivity contribution in [1.29, 1.82) is 0 Å². The van der Waals surface area contributed by atoms with Crippen LogP contribution in [-0.2, 0) is 19.1 Å². The van der Waals surface area contributed by atoms with Crippen LogP contribution in [0.15, 0.2) is 0 Å². The maximum absolute atomic E-state index is 12.3. The number of amides is 2. The second-order valence-electron chi connectivity index (χ2n) is 8.04. The van der Waals surface area contributed by atoms with E-state index in [2.05, 4.69) is 0 Å². The molecule has 1 atom stereocenters. The molecule has 22 heavy (non-hydrogen) atoms. The number of likely N-dealkylation sites (tertiary alicyclic amines) is 1. The molecule has 0 aliphatic carbocycles. The van der Waals surface area contributed by atoms with Crippen molar-refractivity contribution in [2.45, 2.75) is 54.4 Å². The molecular weight excluding hydrogens is 282 g/mol. The summed E-state index contributed by atoms with van der Waals surface area (Å²) in [6.45, 7) is 12.4. The zero-order valence-corrected chi connectivity index (χ0v) is 14.7. The topological polar surface area (TPSA) is 63.7 Å². The first-order valence-corrected chi connectivity index (χ1v) is 7.90. The Hall–Kier alpha value is -1.23. The van der Waals surface area contributed by atoms with Crippen LogP contribution in [0.25, 0.3) is 0 Å². The maximum Gasteiger partial charge on any atom is 0.233 e. The highest BCUT2D eigenvalue weighted by Gasteiger charge is 2.44. The summed E-state index contributed by atoms with van der Waals surface area (Å²) in [5.41, 5.74) is -0.564. The molecule has 0 aromatic heterocycles. The third kappa shape index (κ3) is 4.90. The number of ether oxygens (including phenoxy) is 1. The monoisotopic (exact) mass is 311 g/mol. The predicted molar refractivity (Wildman–Crippen MR) is 84.2 cm³/mol. The Labute approximate surface area is 133 Å². The van der Waals surface area contributed by atoms with Gasteiger partial charge >= 0.3 is 0 Å². The molecule has 5 heteroatoms. The number of carbonyl (C=O) groups is 3. The first-order valence-electron chi connectivity index (χ1n) is 7.90. The van der Waals surface area contributed by atoms with Gasteiger partial charge in [0, 0.05) is 18.3 Å². The van der Waals surface area contributed by atoms with E-state index in [0.717, 1.165) is 0 Å². The molecule has 1 aliphatic rings. The summed E-state index contributed by atoms with van der Waals surface area (Å²) < 4.78 is 5.41. The van der Waals surface area contributed by atoms with E-state index in [1.54, 1.807) is 0 Å². The van der Waals surface area contributed by atoms with Crippen molar-refractivity contribution in [3.8, 4) is 0 Å². The van der Waals surface area contributed by atoms with Gasteiger partial charge in [0.25, 0.3) is 0 Å². The molecule has 5 nitrogen and oxygen atoms in total. The van der Waals surface area contributed by atoms with E-state index in [0.29, 0.717) is 13.0 Å². The van der Waals surface area contributed by atoms with Crippen LogP contribution in [0.5, 0.6) is 0 Å². The Morgan fingerprint density at radius 2 is 1.73 bits per heavy atom. The summed E-state index contributed by atoms with van der Waals surface area (Å²) in [5.74, 6) is -0.331. The lowest BCUT2D eigenvalue weighted by Gasteiger charge is -2.24. The van der Waals surface area contributed by atoms with E-state index >= 15 is 0 Å². The van der Waals surface area contributed by atoms with Gasteiger partial charge in [0.15, 0.2) is 0 Å². The van der Waals surface area contributed by atoms with Crippen molar-refractivity contribution in [1.82, 2.24) is 4.90 Å². The summed E-state index contributed by atoms with van der Waals surface area (Å²) in [6, 6.07) is 0. The highest BCUT2D eigenvalue weighted by molar-refractivity contribution is 6.03. The quantitative estimate of drug-likeness (QED) is 0.558. The SMILES string of the molecule is CC(C)(C)C(=O)CCOCCN1C(=O)CC(C(C)(C)C)C1=O. The van der Waals surface area contributed by atoms with E-state index in [-0.39, 0.29) is 53.9 Å². The molecule has 1 heterocycles. The molecule has 1 fully saturated rings. The van der Waals surface area contributed by atoms with Gasteiger partial charge in [-0.3, -0.25) is 19.3 Å². The number of hydrogen-bond donors (Lipinski definition) is 0. The maximum atomic E-state index is 12.3. The fourth-order valence-corrected chi connectivity index (χ4v) is 2.39. The van der Waals surface area contributed by atoms with Gasteiger partial charge in [-0.25, -0.2) is 0 Å². The van der Waals surface area contributed by atoms with Crippen molar-refractivity contribution in [3.05, 3.63) is 0 Å². The first-order chi connectivity index (χ1) is 9.94. The van der Waals surface area contributed by atoms with Gasteiger partial charge in [-0.05, 0) is 5.41 Å². The molecule has 2 amide bonds. The third-order valence-electron chi connectivity index (χ3n) is 4.06. The smallest absolute Gasteiger partial charge is 0.233 e. The van der Waals surface area contributed by atoms with E-state index in [1.807, 2.05) is 41.5 Å². The Balaban J connectivity index is 2.36. The lowest BCUT2D eigenvalue weighted by molar-refractivity contribution is -0.141. The number of Topliss-reactive ketones (excluding diaryl/α,β-unsaturated/α-hetero) is 1. The van der Waals surface area contributed by atoms with Gasteiger partial charge < -0.3 is 4.74 Å². The number of imide groups is 1. The molecule has 1 aliphatic heterocycles. The van der Waals surface area contributed by atoms with Crippen LogP contribution < -0.4 is 0 Å². The molecule has 0 aromatic rings. The minimum Gasteiger partial charge on any atom is -0.379 e. The largest absolute Gasteiger partial charge is 0.379 e. The molecular formula is C17H29NO4. The predicted octanol–water partition coefficient (Wildman–Crippen LogP) is 2.43. The zero-order chi connectivity index (χ0) is 17.1. The molecule has 0 spiro atoms. The summed E-state index contributed by atoms with van der Waals surface area (Å²) in [5, 5.41) is 0. The first kappa shape index (κ1) is 18.8. The average Bonchev–Trinajstić information content (AvgIpc) is 2.64. The van der Waals surface area contributed by atoms with Crippen LogP contribution in [0.2, 0.25) is 0 Å². The highest BCUT2D eigenvalue weighted by atomic mass is 16.5. The second-order valence-corrected chi connectivity index (χ2v) is 8.04. The molecule has 1 unspecified atom stereocenters. The summed E-state index contributed by atoms with van der Waals surface area (Å²) in [7, 11) is 0. The molecule has 0 radical (unpaired) electrons. The summed E-state index contributed by atoms with van der Waals surface area (Å²) >= 11 is 0. The Morgan fingerprint density at radius 1 is 1.14 bits per heavy atom. The Kier molecular flexibility index (Phi) is 5.90. The fourth-order valence-electron chi connectivity index (χ4n) is 2.39. The molecule has 0 bridgehead atoms. The number of ketones is 1. The fraction of sp³-hybridized carbons (Fsp3) is 0.824. The lowest BCUT2D eigenvalue weighted by Crippen LogP contribution is -2.36. The van der Waals surface area contributed by atoms with Gasteiger partial charge in [-0.15, -0.1) is 0 Å². The van der Waals surface area contributed by atoms with Crippen molar-refractivity contribution in [3.63, 3.8) is 0 Å². The molecule has 0 aromatic carbocycles.